The third-order valence-corrected chi connectivity index (χ3v) is 3.96. The lowest BCUT2D eigenvalue weighted by molar-refractivity contribution is -0.122. The van der Waals surface area contributed by atoms with Crippen LogP contribution in [0.15, 0.2) is 35.5 Å². The second kappa shape index (κ2) is 6.96. The minimum atomic E-state index is -0.187. The Balaban J connectivity index is 1.92. The molecule has 22 heavy (non-hydrogen) atoms. The van der Waals surface area contributed by atoms with E-state index in [4.69, 9.17) is 0 Å². The Morgan fingerprint density at radius 1 is 1.23 bits per heavy atom. The molecule has 0 bridgehead atoms. The normalized spacial score (nSPS) is 11.5. The van der Waals surface area contributed by atoms with Crippen molar-refractivity contribution in [1.82, 2.24) is 20.1 Å². The van der Waals surface area contributed by atoms with E-state index in [1.54, 1.807) is 11.8 Å². The lowest BCUT2D eigenvalue weighted by atomic mass is 10.1. The van der Waals surface area contributed by atoms with Crippen LogP contribution in [0.4, 0.5) is 0 Å². The summed E-state index contributed by atoms with van der Waals surface area (Å²) in [4.78, 5) is 11.8. The topological polar surface area (TPSA) is 59.8 Å². The van der Waals surface area contributed by atoms with Crippen molar-refractivity contribution in [3.05, 3.63) is 30.3 Å². The Morgan fingerprint density at radius 3 is 2.55 bits per heavy atom. The lowest BCUT2D eigenvalue weighted by Gasteiger charge is -2.20. The first-order chi connectivity index (χ1) is 10.4. The van der Waals surface area contributed by atoms with Gasteiger partial charge < -0.3 is 9.88 Å². The van der Waals surface area contributed by atoms with Gasteiger partial charge in [-0.3, -0.25) is 4.79 Å². The van der Waals surface area contributed by atoms with Crippen LogP contribution in [0, 0.1) is 0 Å². The molecule has 5 nitrogen and oxygen atoms in total. The van der Waals surface area contributed by atoms with Gasteiger partial charge in [-0.05, 0) is 20.8 Å². The van der Waals surface area contributed by atoms with E-state index in [1.165, 1.54) is 0 Å². The van der Waals surface area contributed by atoms with E-state index in [2.05, 4.69) is 15.5 Å². The molecular weight excluding hydrogens is 296 g/mol. The van der Waals surface area contributed by atoms with Crippen molar-refractivity contribution in [2.24, 2.45) is 7.05 Å². The van der Waals surface area contributed by atoms with Crippen molar-refractivity contribution in [3.63, 3.8) is 0 Å². The van der Waals surface area contributed by atoms with Gasteiger partial charge >= 0.3 is 0 Å². The van der Waals surface area contributed by atoms with E-state index in [0.717, 1.165) is 16.5 Å². The van der Waals surface area contributed by atoms with Crippen molar-refractivity contribution in [1.29, 1.82) is 0 Å². The molecule has 6 heteroatoms. The summed E-state index contributed by atoms with van der Waals surface area (Å²) in [5.41, 5.74) is 0.849. The summed E-state index contributed by atoms with van der Waals surface area (Å²) in [5.74, 6) is 1.58. The summed E-state index contributed by atoms with van der Waals surface area (Å²) < 4.78 is 1.96. The summed E-state index contributed by atoms with van der Waals surface area (Å²) in [6.45, 7) is 5.94. The first kappa shape index (κ1) is 16.5. The Hall–Kier alpha value is -1.82. The van der Waals surface area contributed by atoms with Crippen LogP contribution >= 0.6 is 11.8 Å². The minimum Gasteiger partial charge on any atom is -0.351 e. The molecule has 0 aliphatic rings. The molecule has 1 aromatic heterocycles. The molecule has 0 saturated heterocycles. The number of rotatable bonds is 5. The maximum Gasteiger partial charge on any atom is 0.221 e. The molecular formula is C16H22N4OS. The summed E-state index contributed by atoms with van der Waals surface area (Å²) in [6, 6.07) is 9.95. The van der Waals surface area contributed by atoms with E-state index >= 15 is 0 Å². The average molecular weight is 318 g/mol. The van der Waals surface area contributed by atoms with Crippen LogP contribution in [-0.2, 0) is 11.8 Å². The van der Waals surface area contributed by atoms with Crippen LogP contribution in [-0.4, -0.2) is 32.0 Å². The van der Waals surface area contributed by atoms with E-state index in [-0.39, 0.29) is 11.4 Å². The van der Waals surface area contributed by atoms with Gasteiger partial charge in [0.05, 0.1) is 0 Å². The Morgan fingerprint density at radius 2 is 1.91 bits per heavy atom. The molecule has 2 rings (SSSR count). The Kier molecular flexibility index (Phi) is 5.24. The number of nitrogens with one attached hydrogen (secondary N) is 1. The van der Waals surface area contributed by atoms with Crippen molar-refractivity contribution >= 4 is 17.7 Å². The highest BCUT2D eigenvalue weighted by Gasteiger charge is 2.15. The standard InChI is InChI=1S/C16H22N4OS/c1-16(2,3)17-13(21)10-11-22-15-19-18-14(20(15)4)12-8-6-5-7-9-12/h5-9H,10-11H2,1-4H3,(H,17,21). The highest BCUT2D eigenvalue weighted by Crippen LogP contribution is 2.22. The van der Waals surface area contributed by atoms with Crippen molar-refractivity contribution in [3.8, 4) is 11.4 Å². The Labute approximate surface area is 135 Å². The molecule has 0 spiro atoms. The van der Waals surface area contributed by atoms with Gasteiger partial charge in [-0.2, -0.15) is 0 Å². The highest BCUT2D eigenvalue weighted by atomic mass is 32.2. The molecule has 1 aromatic carbocycles. The zero-order valence-corrected chi connectivity index (χ0v) is 14.3. The third kappa shape index (κ3) is 4.59. The second-order valence-electron chi connectivity index (χ2n) is 6.13. The molecule has 0 radical (unpaired) electrons. The smallest absolute Gasteiger partial charge is 0.221 e. The maximum atomic E-state index is 11.8. The zero-order valence-electron chi connectivity index (χ0n) is 13.5. The van der Waals surface area contributed by atoms with E-state index < -0.39 is 0 Å². The minimum absolute atomic E-state index is 0.0606. The molecule has 0 unspecified atom stereocenters. The van der Waals surface area contributed by atoms with Crippen molar-refractivity contribution < 1.29 is 4.79 Å². The van der Waals surface area contributed by atoms with E-state index in [9.17, 15) is 4.79 Å². The summed E-state index contributed by atoms with van der Waals surface area (Å²) >= 11 is 1.55. The van der Waals surface area contributed by atoms with Gasteiger partial charge in [-0.15, -0.1) is 10.2 Å². The maximum absolute atomic E-state index is 11.8. The van der Waals surface area contributed by atoms with Crippen LogP contribution < -0.4 is 5.32 Å². The fraction of sp³-hybridized carbons (Fsp3) is 0.438. The largest absolute Gasteiger partial charge is 0.351 e. The summed E-state index contributed by atoms with van der Waals surface area (Å²) in [6.07, 6.45) is 0.468. The van der Waals surface area contributed by atoms with Gasteiger partial charge in [0.1, 0.15) is 0 Å². The number of aromatic nitrogens is 3. The zero-order chi connectivity index (χ0) is 16.2. The van der Waals surface area contributed by atoms with E-state index in [0.29, 0.717) is 12.2 Å². The number of carbonyl (C=O) groups is 1. The molecule has 0 fully saturated rings. The fourth-order valence-electron chi connectivity index (χ4n) is 1.99. The first-order valence-corrected chi connectivity index (χ1v) is 8.24. The van der Waals surface area contributed by atoms with Gasteiger partial charge in [0.15, 0.2) is 11.0 Å². The van der Waals surface area contributed by atoms with Crippen LogP contribution in [0.3, 0.4) is 0 Å². The predicted octanol–water partition coefficient (Wildman–Crippen LogP) is 2.88. The van der Waals surface area contributed by atoms with Gasteiger partial charge in [-0.25, -0.2) is 0 Å². The highest BCUT2D eigenvalue weighted by molar-refractivity contribution is 7.99. The second-order valence-corrected chi connectivity index (χ2v) is 7.19. The molecule has 0 saturated carbocycles. The number of carbonyl (C=O) groups excluding carboxylic acids is 1. The summed E-state index contributed by atoms with van der Waals surface area (Å²) in [5, 5.41) is 12.2. The monoisotopic (exact) mass is 318 g/mol. The number of nitrogens with zero attached hydrogens (tertiary/aromatic N) is 3. The lowest BCUT2D eigenvalue weighted by Crippen LogP contribution is -2.40. The predicted molar refractivity (Wildman–Crippen MR) is 89.7 cm³/mol. The number of hydrogen-bond acceptors (Lipinski definition) is 4. The van der Waals surface area contributed by atoms with Crippen LogP contribution in [0.5, 0.6) is 0 Å². The van der Waals surface area contributed by atoms with Gasteiger partial charge in [0.2, 0.25) is 5.91 Å². The number of thioether (sulfide) groups is 1. The average Bonchev–Trinajstić information content (AvgIpc) is 2.79. The van der Waals surface area contributed by atoms with Gasteiger partial charge in [0, 0.05) is 30.3 Å². The molecule has 0 aliphatic heterocycles. The molecule has 0 atom stereocenters. The molecule has 0 aliphatic carbocycles. The van der Waals surface area contributed by atoms with Crippen LogP contribution in [0.25, 0.3) is 11.4 Å². The quantitative estimate of drug-likeness (QED) is 0.861. The molecule has 118 valence electrons. The number of hydrogen-bond donors (Lipinski definition) is 1. The Bertz CT molecular complexity index is 631. The third-order valence-electron chi connectivity index (χ3n) is 2.94. The molecule has 2 aromatic rings. The number of amides is 1. The molecule has 1 N–H and O–H groups in total. The van der Waals surface area contributed by atoms with Gasteiger partial charge in [0.25, 0.3) is 0 Å². The molecule has 1 amide bonds. The van der Waals surface area contributed by atoms with Gasteiger partial charge in [-0.1, -0.05) is 42.1 Å². The van der Waals surface area contributed by atoms with Crippen molar-refractivity contribution in [2.75, 3.05) is 5.75 Å². The number of benzene rings is 1. The van der Waals surface area contributed by atoms with Crippen LogP contribution in [0.2, 0.25) is 0 Å². The SMILES string of the molecule is Cn1c(SCCC(=O)NC(C)(C)C)nnc1-c1ccccc1. The fourth-order valence-corrected chi connectivity index (χ4v) is 2.84. The van der Waals surface area contributed by atoms with Crippen LogP contribution in [0.1, 0.15) is 27.2 Å². The first-order valence-electron chi connectivity index (χ1n) is 7.25. The molecule has 1 heterocycles. The summed E-state index contributed by atoms with van der Waals surface area (Å²) in [7, 11) is 1.94. The van der Waals surface area contributed by atoms with Crippen molar-refractivity contribution in [2.45, 2.75) is 37.9 Å². The van der Waals surface area contributed by atoms with E-state index in [1.807, 2.05) is 62.7 Å².